The summed E-state index contributed by atoms with van der Waals surface area (Å²) in [6.07, 6.45) is -4.61. The van der Waals surface area contributed by atoms with E-state index in [9.17, 15) is 18.0 Å². The van der Waals surface area contributed by atoms with E-state index in [1.165, 1.54) is 13.1 Å². The molecule has 4 N–H and O–H groups in total. The molecule has 3 rings (SSSR count). The van der Waals surface area contributed by atoms with Crippen molar-refractivity contribution in [1.82, 2.24) is 15.2 Å². The Kier molecular flexibility index (Phi) is 7.83. The van der Waals surface area contributed by atoms with Crippen molar-refractivity contribution in [1.29, 1.82) is 0 Å². The summed E-state index contributed by atoms with van der Waals surface area (Å²) in [7, 11) is 1.47. The lowest BCUT2D eigenvalue weighted by Crippen LogP contribution is -2.28. The molecular formula is C24H28F3N5O2. The zero-order chi connectivity index (χ0) is 24.9. The predicted molar refractivity (Wildman–Crippen MR) is 126 cm³/mol. The van der Waals surface area contributed by atoms with Crippen LogP contribution in [0.15, 0.2) is 47.5 Å². The van der Waals surface area contributed by atoms with Crippen molar-refractivity contribution in [3.05, 3.63) is 64.8 Å². The second kappa shape index (κ2) is 10.6. The first-order chi connectivity index (χ1) is 16.2. The van der Waals surface area contributed by atoms with Crippen LogP contribution >= 0.6 is 0 Å². The number of hydrogen-bond acceptors (Lipinski definition) is 3. The van der Waals surface area contributed by atoms with E-state index in [1.807, 2.05) is 24.3 Å². The van der Waals surface area contributed by atoms with E-state index in [2.05, 4.69) is 34.0 Å². The number of ether oxygens (including phenoxy) is 1. The molecule has 0 aliphatic carbocycles. The lowest BCUT2D eigenvalue weighted by atomic mass is 10.1. The van der Waals surface area contributed by atoms with Crippen LogP contribution in [0.25, 0.3) is 10.9 Å². The van der Waals surface area contributed by atoms with Gasteiger partial charge in [0.15, 0.2) is 5.96 Å². The van der Waals surface area contributed by atoms with Gasteiger partial charge in [-0.2, -0.15) is 18.2 Å². The molecule has 3 aromatic rings. The molecule has 0 saturated carbocycles. The van der Waals surface area contributed by atoms with Crippen LogP contribution in [0, 0.1) is 0 Å². The molecule has 0 fully saturated rings. The number of aromatic amines is 1. The Hall–Kier alpha value is -3.53. The number of aromatic nitrogens is 1. The van der Waals surface area contributed by atoms with E-state index in [0.29, 0.717) is 0 Å². The maximum absolute atomic E-state index is 13.6. The normalized spacial score (nSPS) is 12.4. The van der Waals surface area contributed by atoms with Crippen LogP contribution in [-0.2, 0) is 19.3 Å². The summed E-state index contributed by atoms with van der Waals surface area (Å²) in [5.74, 6) is -0.756. The summed E-state index contributed by atoms with van der Waals surface area (Å²) in [5.41, 5.74) is 6.56. The maximum atomic E-state index is 13.6. The SMILES string of the molecule is CCN(CC)Cc1cccc(COc2ccc(C(F)(F)F)c3cc(C(=O)N=C(N)NC)[nH]c23)c1. The van der Waals surface area contributed by atoms with Gasteiger partial charge in [0.1, 0.15) is 18.1 Å². The molecule has 10 heteroatoms. The highest BCUT2D eigenvalue weighted by Gasteiger charge is 2.34. The molecule has 2 aromatic carbocycles. The third kappa shape index (κ3) is 5.88. The van der Waals surface area contributed by atoms with Crippen molar-refractivity contribution < 1.29 is 22.7 Å². The van der Waals surface area contributed by atoms with Crippen LogP contribution in [0.1, 0.15) is 41.0 Å². The highest BCUT2D eigenvalue weighted by Crippen LogP contribution is 2.39. The highest BCUT2D eigenvalue weighted by atomic mass is 19.4. The number of amides is 1. The largest absolute Gasteiger partial charge is 0.487 e. The van der Waals surface area contributed by atoms with Crippen molar-refractivity contribution in [3.63, 3.8) is 0 Å². The highest BCUT2D eigenvalue weighted by molar-refractivity contribution is 6.05. The molecule has 0 aliphatic rings. The van der Waals surface area contributed by atoms with E-state index in [4.69, 9.17) is 10.5 Å². The number of guanidine groups is 1. The molecule has 1 amide bonds. The molecule has 7 nitrogen and oxygen atoms in total. The van der Waals surface area contributed by atoms with E-state index in [0.717, 1.165) is 42.9 Å². The smallest absolute Gasteiger partial charge is 0.417 e. The second-order valence-electron chi connectivity index (χ2n) is 7.70. The number of H-pyrrole nitrogens is 1. The Balaban J connectivity index is 1.92. The minimum Gasteiger partial charge on any atom is -0.487 e. The van der Waals surface area contributed by atoms with E-state index in [-0.39, 0.29) is 34.9 Å². The Bertz CT molecular complexity index is 1180. The number of carbonyl (C=O) groups is 1. The standard InChI is InChI=1S/C24H28F3N5O2/c1-4-32(5-2)13-15-7-6-8-16(11-15)14-34-20-10-9-18(24(25,26)27)17-12-19(30-21(17)20)22(33)31-23(28)29-3/h6-12,30H,4-5,13-14H2,1-3H3,(H3,28,29,31,33). The summed E-state index contributed by atoms with van der Waals surface area (Å²) in [5, 5.41) is 2.31. The van der Waals surface area contributed by atoms with Crippen molar-refractivity contribution in [2.75, 3.05) is 20.1 Å². The zero-order valence-electron chi connectivity index (χ0n) is 19.3. The molecule has 0 bridgehead atoms. The molecule has 0 radical (unpaired) electrons. The number of nitrogens with zero attached hydrogens (tertiary/aromatic N) is 2. The number of carbonyl (C=O) groups excluding carboxylic acids is 1. The minimum atomic E-state index is -4.61. The average molecular weight is 476 g/mol. The number of nitrogens with one attached hydrogen (secondary N) is 2. The minimum absolute atomic E-state index is 0.0655. The van der Waals surface area contributed by atoms with Crippen LogP contribution in [0.2, 0.25) is 0 Å². The monoisotopic (exact) mass is 475 g/mol. The summed E-state index contributed by atoms with van der Waals surface area (Å²) >= 11 is 0. The molecule has 34 heavy (non-hydrogen) atoms. The molecule has 0 atom stereocenters. The van der Waals surface area contributed by atoms with Crippen molar-refractivity contribution in [2.24, 2.45) is 10.7 Å². The fourth-order valence-electron chi connectivity index (χ4n) is 3.59. The van der Waals surface area contributed by atoms with Crippen molar-refractivity contribution in [3.8, 4) is 5.75 Å². The number of hydrogen-bond donors (Lipinski definition) is 3. The lowest BCUT2D eigenvalue weighted by molar-refractivity contribution is -0.136. The molecule has 0 aliphatic heterocycles. The van der Waals surface area contributed by atoms with Gasteiger partial charge in [0.05, 0.1) is 11.1 Å². The maximum Gasteiger partial charge on any atom is 0.417 e. The third-order valence-electron chi connectivity index (χ3n) is 5.46. The quantitative estimate of drug-likeness (QED) is 0.334. The van der Waals surface area contributed by atoms with Gasteiger partial charge in [0.25, 0.3) is 5.91 Å². The fourth-order valence-corrected chi connectivity index (χ4v) is 3.59. The lowest BCUT2D eigenvalue weighted by Gasteiger charge is -2.18. The summed E-state index contributed by atoms with van der Waals surface area (Å²) < 4.78 is 46.6. The first-order valence-electron chi connectivity index (χ1n) is 10.9. The van der Waals surface area contributed by atoms with Gasteiger partial charge < -0.3 is 20.8 Å². The first-order valence-corrected chi connectivity index (χ1v) is 10.9. The predicted octanol–water partition coefficient (Wildman–Crippen LogP) is 4.28. The molecular weight excluding hydrogens is 447 g/mol. The zero-order valence-corrected chi connectivity index (χ0v) is 19.3. The van der Waals surface area contributed by atoms with Crippen LogP contribution < -0.4 is 15.8 Å². The molecule has 0 saturated heterocycles. The second-order valence-corrected chi connectivity index (χ2v) is 7.70. The van der Waals surface area contributed by atoms with E-state index in [1.54, 1.807) is 0 Å². The van der Waals surface area contributed by atoms with Gasteiger partial charge in [0.2, 0.25) is 0 Å². The Labute approximate surface area is 195 Å². The van der Waals surface area contributed by atoms with Crippen molar-refractivity contribution in [2.45, 2.75) is 33.2 Å². The summed E-state index contributed by atoms with van der Waals surface area (Å²) in [4.78, 5) is 21.0. The number of benzene rings is 2. The van der Waals surface area contributed by atoms with Crippen molar-refractivity contribution >= 4 is 22.8 Å². The molecule has 0 spiro atoms. The first kappa shape index (κ1) is 25.1. The fraction of sp³-hybridized carbons (Fsp3) is 0.333. The van der Waals surface area contributed by atoms with Gasteiger partial charge in [-0.05, 0) is 42.4 Å². The Morgan fingerprint density at radius 2 is 1.85 bits per heavy atom. The van der Waals surface area contributed by atoms with Crippen LogP contribution in [0.5, 0.6) is 5.75 Å². The number of fused-ring (bicyclic) bond motifs is 1. The van der Waals surface area contributed by atoms with Gasteiger partial charge in [0, 0.05) is 19.0 Å². The summed E-state index contributed by atoms with van der Waals surface area (Å²) in [6, 6.07) is 11.2. The van der Waals surface area contributed by atoms with Gasteiger partial charge in [-0.3, -0.25) is 9.69 Å². The average Bonchev–Trinajstić information content (AvgIpc) is 3.26. The topological polar surface area (TPSA) is 95.7 Å². The molecule has 1 aromatic heterocycles. The van der Waals surface area contributed by atoms with E-state index >= 15 is 0 Å². The van der Waals surface area contributed by atoms with Gasteiger partial charge >= 0.3 is 6.18 Å². The van der Waals surface area contributed by atoms with Crippen LogP contribution in [0.3, 0.4) is 0 Å². The van der Waals surface area contributed by atoms with Crippen LogP contribution in [-0.4, -0.2) is 41.9 Å². The molecule has 182 valence electrons. The number of alkyl halides is 3. The summed E-state index contributed by atoms with van der Waals surface area (Å²) in [6.45, 7) is 7.00. The van der Waals surface area contributed by atoms with E-state index < -0.39 is 17.6 Å². The number of nitrogens with two attached hydrogens (primary N) is 1. The van der Waals surface area contributed by atoms with Crippen LogP contribution in [0.4, 0.5) is 13.2 Å². The Morgan fingerprint density at radius 3 is 2.50 bits per heavy atom. The third-order valence-corrected chi connectivity index (χ3v) is 5.46. The van der Waals surface area contributed by atoms with Gasteiger partial charge in [-0.15, -0.1) is 0 Å². The molecule has 0 unspecified atom stereocenters. The van der Waals surface area contributed by atoms with Gasteiger partial charge in [-0.25, -0.2) is 0 Å². The number of halogens is 3. The molecule has 1 heterocycles. The van der Waals surface area contributed by atoms with Gasteiger partial charge in [-0.1, -0.05) is 38.1 Å². The number of rotatable bonds is 8. The Morgan fingerprint density at radius 1 is 1.15 bits per heavy atom. The number of aliphatic imine (C=N–C) groups is 1.